The molecular weight excluding hydrogens is 329 g/mol. The van der Waals surface area contributed by atoms with Gasteiger partial charge in [-0.2, -0.15) is 0 Å². The Hall–Kier alpha value is -2.11. The van der Waals surface area contributed by atoms with Crippen LogP contribution in [-0.2, 0) is 6.54 Å². The minimum atomic E-state index is -0.334. The molecule has 0 spiro atoms. The predicted molar refractivity (Wildman–Crippen MR) is 93.4 cm³/mol. The van der Waals surface area contributed by atoms with Gasteiger partial charge >= 0.3 is 0 Å². The molecule has 1 saturated heterocycles. The van der Waals surface area contributed by atoms with E-state index in [1.807, 2.05) is 17.0 Å². The van der Waals surface area contributed by atoms with Crippen molar-refractivity contribution in [3.63, 3.8) is 0 Å². The standard InChI is InChI=1S/C18H19ClFN3O/c19-16-11-14(20)6-5-13(16)12-22-7-9-23(10-8-22)18(24)15-3-1-2-4-17(15)21/h1-6,11H,7-10,12,21H2. The fourth-order valence-corrected chi connectivity index (χ4v) is 3.09. The quantitative estimate of drug-likeness (QED) is 0.868. The summed E-state index contributed by atoms with van der Waals surface area (Å²) in [5.41, 5.74) is 7.83. The van der Waals surface area contributed by atoms with Gasteiger partial charge in [-0.1, -0.05) is 29.8 Å². The van der Waals surface area contributed by atoms with Crippen LogP contribution in [-0.4, -0.2) is 41.9 Å². The van der Waals surface area contributed by atoms with Gasteiger partial charge in [-0.05, 0) is 29.8 Å². The van der Waals surface area contributed by atoms with Gasteiger partial charge in [0.15, 0.2) is 0 Å². The summed E-state index contributed by atoms with van der Waals surface area (Å²) in [5.74, 6) is -0.368. The molecule has 6 heteroatoms. The van der Waals surface area contributed by atoms with Gasteiger partial charge in [0.05, 0.1) is 5.56 Å². The van der Waals surface area contributed by atoms with Gasteiger partial charge < -0.3 is 10.6 Å². The first kappa shape index (κ1) is 16.7. The molecule has 0 bridgehead atoms. The SMILES string of the molecule is Nc1ccccc1C(=O)N1CCN(Cc2ccc(F)cc2Cl)CC1. The highest BCUT2D eigenvalue weighted by Gasteiger charge is 2.23. The number of carbonyl (C=O) groups excluding carboxylic acids is 1. The summed E-state index contributed by atoms with van der Waals surface area (Å²) >= 11 is 6.08. The van der Waals surface area contributed by atoms with Crippen molar-refractivity contribution in [3.05, 3.63) is 64.4 Å². The number of halogens is 2. The molecule has 0 unspecified atom stereocenters. The van der Waals surface area contributed by atoms with Crippen LogP contribution >= 0.6 is 11.6 Å². The molecule has 2 N–H and O–H groups in total. The highest BCUT2D eigenvalue weighted by Crippen LogP contribution is 2.20. The van der Waals surface area contributed by atoms with E-state index in [1.54, 1.807) is 18.2 Å². The molecular formula is C18H19ClFN3O. The molecule has 1 aliphatic heterocycles. The molecule has 0 atom stereocenters. The van der Waals surface area contributed by atoms with E-state index in [9.17, 15) is 9.18 Å². The molecule has 1 aliphatic rings. The van der Waals surface area contributed by atoms with Gasteiger partial charge in [0.25, 0.3) is 5.91 Å². The summed E-state index contributed by atoms with van der Waals surface area (Å²) in [6, 6.07) is 11.6. The van der Waals surface area contributed by atoms with E-state index in [1.165, 1.54) is 12.1 Å². The van der Waals surface area contributed by atoms with Crippen LogP contribution in [0.1, 0.15) is 15.9 Å². The highest BCUT2D eigenvalue weighted by molar-refractivity contribution is 6.31. The second kappa shape index (κ2) is 7.20. The average Bonchev–Trinajstić information content (AvgIpc) is 2.58. The molecule has 4 nitrogen and oxygen atoms in total. The Balaban J connectivity index is 1.60. The van der Waals surface area contributed by atoms with Gasteiger partial charge in [0.2, 0.25) is 0 Å². The Kier molecular flexibility index (Phi) is 5.02. The van der Waals surface area contributed by atoms with Crippen LogP contribution in [0.3, 0.4) is 0 Å². The number of piperazine rings is 1. The lowest BCUT2D eigenvalue weighted by Gasteiger charge is -2.35. The van der Waals surface area contributed by atoms with Gasteiger partial charge in [-0.15, -0.1) is 0 Å². The van der Waals surface area contributed by atoms with Crippen molar-refractivity contribution in [3.8, 4) is 0 Å². The van der Waals surface area contributed by atoms with Crippen molar-refractivity contribution in [1.29, 1.82) is 0 Å². The molecule has 1 fully saturated rings. The first-order valence-electron chi connectivity index (χ1n) is 7.84. The fourth-order valence-electron chi connectivity index (χ4n) is 2.86. The van der Waals surface area contributed by atoms with Crippen molar-refractivity contribution in [1.82, 2.24) is 9.80 Å². The number of amides is 1. The number of nitrogens with zero attached hydrogens (tertiary/aromatic N) is 2. The molecule has 0 aromatic heterocycles. The maximum absolute atomic E-state index is 13.1. The van der Waals surface area contributed by atoms with Crippen molar-refractivity contribution in [2.45, 2.75) is 6.54 Å². The van der Waals surface area contributed by atoms with Crippen molar-refractivity contribution in [2.75, 3.05) is 31.9 Å². The van der Waals surface area contributed by atoms with Crippen LogP contribution in [0.4, 0.5) is 10.1 Å². The predicted octanol–water partition coefficient (Wildman–Crippen LogP) is 3.02. The lowest BCUT2D eigenvalue weighted by Crippen LogP contribution is -2.48. The number of hydrogen-bond acceptors (Lipinski definition) is 3. The summed E-state index contributed by atoms with van der Waals surface area (Å²) in [7, 11) is 0. The summed E-state index contributed by atoms with van der Waals surface area (Å²) in [4.78, 5) is 16.6. The Morgan fingerprint density at radius 3 is 2.50 bits per heavy atom. The maximum atomic E-state index is 13.1. The smallest absolute Gasteiger partial charge is 0.256 e. The monoisotopic (exact) mass is 347 g/mol. The van der Waals surface area contributed by atoms with Gasteiger partial charge in [0.1, 0.15) is 5.82 Å². The summed E-state index contributed by atoms with van der Waals surface area (Å²) in [6.07, 6.45) is 0. The molecule has 3 rings (SSSR count). The average molecular weight is 348 g/mol. The number of rotatable bonds is 3. The van der Waals surface area contributed by atoms with Crippen LogP contribution in [0.2, 0.25) is 5.02 Å². The zero-order valence-corrected chi connectivity index (χ0v) is 14.0. The van der Waals surface area contributed by atoms with E-state index < -0.39 is 0 Å². The molecule has 1 amide bonds. The zero-order chi connectivity index (χ0) is 17.1. The number of carbonyl (C=O) groups is 1. The van der Waals surface area contributed by atoms with E-state index in [0.29, 0.717) is 35.9 Å². The van der Waals surface area contributed by atoms with Crippen LogP contribution < -0.4 is 5.73 Å². The third-order valence-corrected chi connectivity index (χ3v) is 4.61. The molecule has 0 radical (unpaired) electrons. The highest BCUT2D eigenvalue weighted by atomic mass is 35.5. The van der Waals surface area contributed by atoms with E-state index in [0.717, 1.165) is 18.7 Å². The van der Waals surface area contributed by atoms with Crippen LogP contribution in [0.25, 0.3) is 0 Å². The molecule has 2 aromatic rings. The molecule has 126 valence electrons. The van der Waals surface area contributed by atoms with Crippen molar-refractivity contribution < 1.29 is 9.18 Å². The summed E-state index contributed by atoms with van der Waals surface area (Å²) < 4.78 is 13.1. The Labute approximate surface area is 145 Å². The van der Waals surface area contributed by atoms with E-state index >= 15 is 0 Å². The van der Waals surface area contributed by atoms with Crippen molar-refractivity contribution in [2.24, 2.45) is 0 Å². The minimum Gasteiger partial charge on any atom is -0.398 e. The Morgan fingerprint density at radius 2 is 1.83 bits per heavy atom. The largest absolute Gasteiger partial charge is 0.398 e. The Morgan fingerprint density at radius 1 is 1.12 bits per heavy atom. The fraction of sp³-hybridized carbons (Fsp3) is 0.278. The number of hydrogen-bond donors (Lipinski definition) is 1. The number of para-hydroxylation sites is 1. The molecule has 1 heterocycles. The first-order chi connectivity index (χ1) is 11.5. The lowest BCUT2D eigenvalue weighted by molar-refractivity contribution is 0.0629. The molecule has 2 aromatic carbocycles. The molecule has 24 heavy (non-hydrogen) atoms. The summed E-state index contributed by atoms with van der Waals surface area (Å²) in [6.45, 7) is 3.39. The normalized spacial score (nSPS) is 15.5. The topological polar surface area (TPSA) is 49.6 Å². The molecule has 0 aliphatic carbocycles. The van der Waals surface area contributed by atoms with Gasteiger partial charge in [-0.3, -0.25) is 9.69 Å². The lowest BCUT2D eigenvalue weighted by atomic mass is 10.1. The van der Waals surface area contributed by atoms with E-state index in [-0.39, 0.29) is 11.7 Å². The third kappa shape index (κ3) is 3.68. The Bertz CT molecular complexity index is 745. The van der Waals surface area contributed by atoms with Gasteiger partial charge in [0, 0.05) is 43.4 Å². The minimum absolute atomic E-state index is 0.0347. The van der Waals surface area contributed by atoms with Crippen LogP contribution in [0.5, 0.6) is 0 Å². The maximum Gasteiger partial charge on any atom is 0.256 e. The van der Waals surface area contributed by atoms with Crippen molar-refractivity contribution >= 4 is 23.2 Å². The zero-order valence-electron chi connectivity index (χ0n) is 13.2. The first-order valence-corrected chi connectivity index (χ1v) is 8.22. The van der Waals surface area contributed by atoms with Gasteiger partial charge in [-0.25, -0.2) is 4.39 Å². The number of nitrogen functional groups attached to an aromatic ring is 1. The molecule has 0 saturated carbocycles. The van der Waals surface area contributed by atoms with Crippen LogP contribution in [0.15, 0.2) is 42.5 Å². The summed E-state index contributed by atoms with van der Waals surface area (Å²) in [5, 5.41) is 0.436. The van der Waals surface area contributed by atoms with E-state index in [2.05, 4.69) is 4.90 Å². The number of benzene rings is 2. The number of nitrogens with two attached hydrogens (primary N) is 1. The second-order valence-corrected chi connectivity index (χ2v) is 6.30. The second-order valence-electron chi connectivity index (χ2n) is 5.89. The van der Waals surface area contributed by atoms with E-state index in [4.69, 9.17) is 17.3 Å². The van der Waals surface area contributed by atoms with Crippen LogP contribution in [0, 0.1) is 5.82 Å². The third-order valence-electron chi connectivity index (χ3n) is 4.26. The number of anilines is 1.